The summed E-state index contributed by atoms with van der Waals surface area (Å²) in [6.07, 6.45) is 82.8. The van der Waals surface area contributed by atoms with E-state index in [0.717, 1.165) is 68.9 Å². The van der Waals surface area contributed by atoms with Crippen LogP contribution in [0.5, 0.6) is 0 Å². The number of aldehydes is 2. The average Bonchev–Trinajstić information content (AvgIpc) is 1.48. The minimum absolute atomic E-state index is 0.749. The van der Waals surface area contributed by atoms with E-state index in [1.54, 1.807) is 22.7 Å². The fourth-order valence-corrected chi connectivity index (χ4v) is 23.8. The van der Waals surface area contributed by atoms with E-state index < -0.39 is 10.8 Å². The lowest BCUT2D eigenvalue weighted by molar-refractivity contribution is 0.111. The van der Waals surface area contributed by atoms with Crippen LogP contribution in [-0.2, 0) is 36.5 Å². The molecule has 3 heterocycles. The molecule has 9 aromatic rings. The first kappa shape index (κ1) is 95.4. The summed E-state index contributed by atoms with van der Waals surface area (Å²) in [5.41, 5.74) is 19.9. The molecule has 6 aromatic carbocycles. The third-order valence-corrected chi connectivity index (χ3v) is 31.2. The molecule has 0 radical (unpaired) electrons. The number of fused-ring (bicyclic) bond motifs is 7. The van der Waals surface area contributed by atoms with Crippen LogP contribution in [0.1, 0.15) is 473 Å². The molecule has 654 valence electrons. The lowest BCUT2D eigenvalue weighted by atomic mass is 9.61. The second kappa shape index (κ2) is 54.6. The Labute approximate surface area is 750 Å². The number of thiophene rings is 3. The van der Waals surface area contributed by atoms with Crippen molar-refractivity contribution in [2.45, 2.75) is 424 Å². The van der Waals surface area contributed by atoms with Crippen molar-refractivity contribution in [3.8, 4) is 41.8 Å². The van der Waals surface area contributed by atoms with Crippen molar-refractivity contribution in [2.75, 3.05) is 0 Å². The highest BCUT2D eigenvalue weighted by molar-refractivity contribution is 7.19. The number of carbonyl (C=O) groups is 2. The molecule has 121 heavy (non-hydrogen) atoms. The number of hydrogen-bond donors (Lipinski definition) is 0. The fourth-order valence-electron chi connectivity index (χ4n) is 20.7. The molecule has 0 unspecified atom stereocenters. The molecule has 2 aliphatic carbocycles. The first-order valence-electron chi connectivity index (χ1n) is 50.8. The van der Waals surface area contributed by atoms with Gasteiger partial charge in [0.15, 0.2) is 12.6 Å². The maximum atomic E-state index is 12.6. The Kier molecular flexibility index (Phi) is 43.1. The molecule has 2 nitrogen and oxygen atoms in total. The normalized spacial score (nSPS) is 13.0. The quantitative estimate of drug-likeness (QED) is 0.0281. The van der Waals surface area contributed by atoms with Gasteiger partial charge in [-0.3, -0.25) is 9.59 Å². The van der Waals surface area contributed by atoms with Gasteiger partial charge in [0, 0.05) is 19.5 Å². The highest BCUT2D eigenvalue weighted by Crippen LogP contribution is 2.70. The zero-order valence-electron chi connectivity index (χ0n) is 76.6. The largest absolute Gasteiger partial charge is 0.297 e. The Morgan fingerprint density at radius 2 is 0.430 bits per heavy atom. The molecule has 3 aromatic heterocycles. The summed E-state index contributed by atoms with van der Waals surface area (Å²) in [4.78, 5) is 31.7. The van der Waals surface area contributed by atoms with Gasteiger partial charge in [-0.25, -0.2) is 0 Å². The molecule has 0 saturated heterocycles. The van der Waals surface area contributed by atoms with Gasteiger partial charge < -0.3 is 0 Å². The van der Waals surface area contributed by atoms with Crippen molar-refractivity contribution >= 4 is 46.6 Å². The first-order valence-corrected chi connectivity index (χ1v) is 53.3. The maximum Gasteiger partial charge on any atom is 0.160 e. The summed E-state index contributed by atoms with van der Waals surface area (Å²) in [7, 11) is 0. The maximum absolute atomic E-state index is 12.6. The van der Waals surface area contributed by atoms with E-state index in [0.29, 0.717) is 0 Å². The SMILES string of the molecule is CCCCCCCCCCCCCCCCc1ccc(C2(c3ccc(CCCCCCCCCCCCCCCC)cc3)c3cc(-c4ccc(C=O)s4)ccc3-c3sc4c(c32)C(c2ccc(CCCCCCCCCCCCCCCC)cc2)(c2ccc(CCCCCCCCCCCCCCCC)cc2)c2cc(-c3ccc(C=O)s3)ccc2-4)cc1. The van der Waals surface area contributed by atoms with Gasteiger partial charge in [-0.05, 0) is 177 Å². The Bertz CT molecular complexity index is 3900. The number of benzene rings is 6. The van der Waals surface area contributed by atoms with E-state index in [9.17, 15) is 9.59 Å². The summed E-state index contributed by atoms with van der Waals surface area (Å²) in [5.74, 6) is 0. The summed E-state index contributed by atoms with van der Waals surface area (Å²) in [5, 5.41) is 0. The van der Waals surface area contributed by atoms with E-state index in [1.165, 1.54) is 447 Å². The summed E-state index contributed by atoms with van der Waals surface area (Å²) in [6, 6.07) is 63.8. The summed E-state index contributed by atoms with van der Waals surface area (Å²) >= 11 is 5.24. The molecule has 0 N–H and O–H groups in total. The smallest absolute Gasteiger partial charge is 0.160 e. The highest BCUT2D eigenvalue weighted by atomic mass is 32.1. The van der Waals surface area contributed by atoms with Crippen molar-refractivity contribution in [3.05, 3.63) is 234 Å². The van der Waals surface area contributed by atoms with Gasteiger partial charge >= 0.3 is 0 Å². The molecule has 0 saturated carbocycles. The Morgan fingerprint density at radius 3 is 0.628 bits per heavy atom. The molecule has 11 rings (SSSR count). The molecule has 0 bridgehead atoms. The first-order chi connectivity index (χ1) is 59.9. The molecule has 2 aliphatic rings. The molecule has 0 atom stereocenters. The van der Waals surface area contributed by atoms with Crippen LogP contribution in [0.15, 0.2) is 158 Å². The summed E-state index contributed by atoms with van der Waals surface area (Å²) in [6.45, 7) is 9.27. The predicted molar refractivity (Wildman–Crippen MR) is 532 cm³/mol. The number of rotatable bonds is 68. The van der Waals surface area contributed by atoms with Gasteiger partial charge in [0.1, 0.15) is 0 Å². The third kappa shape index (κ3) is 27.9. The van der Waals surface area contributed by atoms with Gasteiger partial charge in [-0.1, -0.05) is 483 Å². The Morgan fingerprint density at radius 1 is 0.223 bits per heavy atom. The average molecular weight is 1680 g/mol. The van der Waals surface area contributed by atoms with Crippen LogP contribution in [-0.4, -0.2) is 12.6 Å². The van der Waals surface area contributed by atoms with Crippen LogP contribution in [0.25, 0.3) is 41.8 Å². The van der Waals surface area contributed by atoms with Crippen molar-refractivity contribution in [1.29, 1.82) is 0 Å². The monoisotopic (exact) mass is 1680 g/mol. The number of unbranched alkanes of at least 4 members (excludes halogenated alkanes) is 52. The molecule has 0 aliphatic heterocycles. The number of aryl methyl sites for hydroxylation is 4. The van der Waals surface area contributed by atoms with Crippen molar-refractivity contribution in [3.63, 3.8) is 0 Å². The van der Waals surface area contributed by atoms with Crippen LogP contribution in [0, 0.1) is 0 Å². The molecule has 0 amide bonds. The fraction of sp³-hybridized carbons (Fsp3) is 0.569. The number of hydrogen-bond acceptors (Lipinski definition) is 5. The van der Waals surface area contributed by atoms with E-state index in [-0.39, 0.29) is 0 Å². The van der Waals surface area contributed by atoms with Crippen molar-refractivity contribution in [2.24, 2.45) is 0 Å². The van der Waals surface area contributed by atoms with Gasteiger partial charge in [0.2, 0.25) is 0 Å². The van der Waals surface area contributed by atoms with Crippen LogP contribution in [0.3, 0.4) is 0 Å². The van der Waals surface area contributed by atoms with Gasteiger partial charge in [-0.15, -0.1) is 34.0 Å². The van der Waals surface area contributed by atoms with Crippen LogP contribution in [0.2, 0.25) is 0 Å². The zero-order chi connectivity index (χ0) is 84.0. The second-order valence-electron chi connectivity index (χ2n) is 37.3. The zero-order valence-corrected chi connectivity index (χ0v) is 79.1. The van der Waals surface area contributed by atoms with Gasteiger partial charge in [0.25, 0.3) is 0 Å². The van der Waals surface area contributed by atoms with E-state index in [1.807, 2.05) is 23.5 Å². The Balaban J connectivity index is 0.959. The second-order valence-corrected chi connectivity index (χ2v) is 40.6. The predicted octanol–water partition coefficient (Wildman–Crippen LogP) is 37.7. The Hall–Kier alpha value is -6.24. The van der Waals surface area contributed by atoms with Crippen LogP contribution < -0.4 is 0 Å². The number of carbonyl (C=O) groups excluding carboxylic acids is 2. The van der Waals surface area contributed by atoms with E-state index in [2.05, 4.69) is 173 Å². The molecular weight excluding hydrogens is 1520 g/mol. The minimum Gasteiger partial charge on any atom is -0.297 e. The highest BCUT2D eigenvalue weighted by Gasteiger charge is 2.58. The van der Waals surface area contributed by atoms with E-state index >= 15 is 0 Å². The topological polar surface area (TPSA) is 34.1 Å². The van der Waals surface area contributed by atoms with E-state index in [4.69, 9.17) is 0 Å². The van der Waals surface area contributed by atoms with Crippen LogP contribution >= 0.6 is 34.0 Å². The van der Waals surface area contributed by atoms with Gasteiger partial charge in [-0.2, -0.15) is 0 Å². The van der Waals surface area contributed by atoms with Crippen LogP contribution in [0.4, 0.5) is 0 Å². The summed E-state index contributed by atoms with van der Waals surface area (Å²) < 4.78 is 0. The lowest BCUT2D eigenvalue weighted by Gasteiger charge is -2.40. The van der Waals surface area contributed by atoms with Crippen molar-refractivity contribution < 1.29 is 9.59 Å². The standard InChI is InChI=1S/C116H160O2S3/c1-5-9-13-17-21-25-29-33-37-41-45-49-53-57-61-93-65-75-99(76-66-93)115(100-77-67-94(68-78-100)62-58-54-50-46-42-38-34-30-26-22-18-14-10-6-2)107-89-97(109-87-83-103(91-117)119-109)73-85-105(107)113-111(115)112-114(121-113)106-86-74-98(110-88-84-104(92-118)120-110)90-108(106)116(112,101-79-69-95(70-80-101)63-59-55-51-47-43-39-35-31-27-23-19-15-11-7-3)102-81-71-96(72-82-102)64-60-56-52-48-44-40-36-32-28-24-20-16-12-8-4/h65-92H,5-64H2,1-4H3. The molecule has 0 fully saturated rings. The third-order valence-electron chi connectivity index (χ3n) is 27.9. The van der Waals surface area contributed by atoms with Gasteiger partial charge in [0.05, 0.1) is 20.6 Å². The lowest BCUT2D eigenvalue weighted by Crippen LogP contribution is -2.35. The molecule has 0 spiro atoms. The minimum atomic E-state index is -0.749. The molecule has 5 heteroatoms. The molecular formula is C116H160O2S3. The van der Waals surface area contributed by atoms with Crippen molar-refractivity contribution in [1.82, 2.24) is 0 Å².